The van der Waals surface area contributed by atoms with Gasteiger partial charge in [-0.15, -0.1) is 0 Å². The van der Waals surface area contributed by atoms with Gasteiger partial charge in [-0.1, -0.05) is 20.8 Å². The Morgan fingerprint density at radius 2 is 1.95 bits per heavy atom. The van der Waals surface area contributed by atoms with Crippen LogP contribution in [0, 0.1) is 5.41 Å². The van der Waals surface area contributed by atoms with Gasteiger partial charge in [0.15, 0.2) is 0 Å². The lowest BCUT2D eigenvalue weighted by atomic mass is 9.78. The topological polar surface area (TPSA) is 29.9 Å². The van der Waals surface area contributed by atoms with Crippen molar-refractivity contribution in [1.82, 2.24) is 14.9 Å². The van der Waals surface area contributed by atoms with Crippen molar-refractivity contribution in [2.45, 2.75) is 64.3 Å². The van der Waals surface area contributed by atoms with Gasteiger partial charge in [0.2, 0.25) is 0 Å². The number of hydrogen-bond donors (Lipinski definition) is 1. The van der Waals surface area contributed by atoms with E-state index in [2.05, 4.69) is 48.2 Å². The normalized spacial score (nSPS) is 29.5. The average Bonchev–Trinajstić information content (AvgIpc) is 2.96. The van der Waals surface area contributed by atoms with E-state index in [9.17, 15) is 0 Å². The molecule has 1 aliphatic carbocycles. The molecule has 1 unspecified atom stereocenters. The van der Waals surface area contributed by atoms with E-state index in [0.717, 1.165) is 13.1 Å². The fourth-order valence-corrected chi connectivity index (χ4v) is 3.93. The first-order valence-electron chi connectivity index (χ1n) is 7.73. The molecule has 106 valence electrons. The first kappa shape index (κ1) is 13.2. The average molecular weight is 261 g/mol. The molecular weight excluding hydrogens is 234 g/mol. The second kappa shape index (κ2) is 4.62. The zero-order chi connectivity index (χ0) is 13.5. The van der Waals surface area contributed by atoms with Crippen LogP contribution in [0.5, 0.6) is 0 Å². The molecule has 0 bridgehead atoms. The summed E-state index contributed by atoms with van der Waals surface area (Å²) in [6.07, 6.45) is 10.6. The van der Waals surface area contributed by atoms with Crippen LogP contribution >= 0.6 is 0 Å². The number of hydrogen-bond acceptors (Lipinski definition) is 2. The van der Waals surface area contributed by atoms with Crippen LogP contribution in [0.2, 0.25) is 0 Å². The predicted molar refractivity (Wildman–Crippen MR) is 78.4 cm³/mol. The fraction of sp³-hybridized carbons (Fsp3) is 0.812. The molecule has 2 fully saturated rings. The Morgan fingerprint density at radius 3 is 2.58 bits per heavy atom. The summed E-state index contributed by atoms with van der Waals surface area (Å²) in [6, 6.07) is 0.666. The standard InChI is InChI=1S/C16H27N3/c1-15(2)5-4-13(10-15)19-12-18-11-14(19)16(3)6-8-17-9-7-16/h11-13,17H,4-10H2,1-3H3. The zero-order valence-electron chi connectivity index (χ0n) is 12.6. The maximum absolute atomic E-state index is 4.48. The van der Waals surface area contributed by atoms with Gasteiger partial charge in [0.25, 0.3) is 0 Å². The van der Waals surface area contributed by atoms with Crippen molar-refractivity contribution < 1.29 is 0 Å². The molecule has 0 aromatic carbocycles. The Hall–Kier alpha value is -0.830. The van der Waals surface area contributed by atoms with Crippen LogP contribution < -0.4 is 5.32 Å². The summed E-state index contributed by atoms with van der Waals surface area (Å²) in [5.41, 5.74) is 2.28. The van der Waals surface area contributed by atoms with Gasteiger partial charge >= 0.3 is 0 Å². The molecule has 2 aliphatic rings. The van der Waals surface area contributed by atoms with Gasteiger partial charge in [0.1, 0.15) is 0 Å². The molecular formula is C16H27N3. The summed E-state index contributed by atoms with van der Waals surface area (Å²) in [6.45, 7) is 9.49. The highest BCUT2D eigenvalue weighted by Crippen LogP contribution is 2.45. The molecule has 0 radical (unpaired) electrons. The predicted octanol–water partition coefficient (Wildman–Crippen LogP) is 3.28. The van der Waals surface area contributed by atoms with E-state index in [0.29, 0.717) is 16.9 Å². The quantitative estimate of drug-likeness (QED) is 0.885. The van der Waals surface area contributed by atoms with E-state index in [1.807, 2.05) is 0 Å². The number of aromatic nitrogens is 2. The van der Waals surface area contributed by atoms with Crippen molar-refractivity contribution in [1.29, 1.82) is 0 Å². The van der Waals surface area contributed by atoms with Crippen LogP contribution in [-0.4, -0.2) is 22.6 Å². The minimum Gasteiger partial charge on any atom is -0.331 e. The van der Waals surface area contributed by atoms with Crippen LogP contribution in [0.3, 0.4) is 0 Å². The smallest absolute Gasteiger partial charge is 0.0950 e. The lowest BCUT2D eigenvalue weighted by molar-refractivity contribution is 0.300. The molecule has 19 heavy (non-hydrogen) atoms. The molecule has 1 aromatic rings. The largest absolute Gasteiger partial charge is 0.331 e. The van der Waals surface area contributed by atoms with Crippen molar-refractivity contribution >= 4 is 0 Å². The van der Waals surface area contributed by atoms with Crippen molar-refractivity contribution in [3.05, 3.63) is 18.2 Å². The van der Waals surface area contributed by atoms with E-state index < -0.39 is 0 Å². The highest BCUT2D eigenvalue weighted by Gasteiger charge is 2.37. The van der Waals surface area contributed by atoms with Gasteiger partial charge in [-0.25, -0.2) is 4.98 Å². The summed E-state index contributed by atoms with van der Waals surface area (Å²) in [5.74, 6) is 0. The number of rotatable bonds is 2. The van der Waals surface area contributed by atoms with Crippen molar-refractivity contribution in [2.24, 2.45) is 5.41 Å². The minimum absolute atomic E-state index is 0.314. The zero-order valence-corrected chi connectivity index (χ0v) is 12.6. The van der Waals surface area contributed by atoms with E-state index in [1.54, 1.807) is 0 Å². The van der Waals surface area contributed by atoms with Gasteiger partial charge < -0.3 is 9.88 Å². The summed E-state index contributed by atoms with van der Waals surface area (Å²) in [4.78, 5) is 4.48. The Labute approximate surface area is 116 Å². The van der Waals surface area contributed by atoms with Crippen LogP contribution in [0.25, 0.3) is 0 Å². The molecule has 3 heteroatoms. The molecule has 1 aliphatic heterocycles. The Kier molecular flexibility index (Phi) is 3.20. The summed E-state index contributed by atoms with van der Waals surface area (Å²) in [7, 11) is 0. The molecule has 1 N–H and O–H groups in total. The second-order valence-corrected chi connectivity index (χ2v) is 7.56. The number of imidazole rings is 1. The lowest BCUT2D eigenvalue weighted by Gasteiger charge is -2.36. The second-order valence-electron chi connectivity index (χ2n) is 7.56. The Balaban J connectivity index is 1.86. The number of nitrogens with zero attached hydrogens (tertiary/aromatic N) is 2. The molecule has 1 atom stereocenters. The van der Waals surface area contributed by atoms with E-state index in [1.165, 1.54) is 37.8 Å². The third-order valence-corrected chi connectivity index (χ3v) is 5.33. The monoisotopic (exact) mass is 261 g/mol. The third-order valence-electron chi connectivity index (χ3n) is 5.33. The molecule has 0 spiro atoms. The number of nitrogens with one attached hydrogen (secondary N) is 1. The molecule has 1 aromatic heterocycles. The van der Waals surface area contributed by atoms with E-state index >= 15 is 0 Å². The Bertz CT molecular complexity index is 441. The van der Waals surface area contributed by atoms with Crippen LogP contribution in [0.15, 0.2) is 12.5 Å². The van der Waals surface area contributed by atoms with Gasteiger partial charge in [-0.2, -0.15) is 0 Å². The van der Waals surface area contributed by atoms with Gasteiger partial charge in [-0.3, -0.25) is 0 Å². The minimum atomic E-state index is 0.314. The lowest BCUT2D eigenvalue weighted by Crippen LogP contribution is -2.39. The van der Waals surface area contributed by atoms with Gasteiger partial charge in [0.05, 0.1) is 6.33 Å². The Morgan fingerprint density at radius 1 is 1.21 bits per heavy atom. The first-order chi connectivity index (χ1) is 9.00. The SMILES string of the molecule is CC1(C)CCC(n2cncc2C2(C)CCNCC2)C1. The van der Waals surface area contributed by atoms with Crippen molar-refractivity contribution in [3.63, 3.8) is 0 Å². The fourth-order valence-electron chi connectivity index (χ4n) is 3.93. The van der Waals surface area contributed by atoms with Crippen molar-refractivity contribution in [3.8, 4) is 0 Å². The molecule has 1 saturated heterocycles. The number of piperidine rings is 1. The maximum Gasteiger partial charge on any atom is 0.0950 e. The first-order valence-corrected chi connectivity index (χ1v) is 7.73. The third kappa shape index (κ3) is 2.45. The highest BCUT2D eigenvalue weighted by molar-refractivity contribution is 5.17. The van der Waals surface area contributed by atoms with E-state index in [4.69, 9.17) is 0 Å². The van der Waals surface area contributed by atoms with Crippen molar-refractivity contribution in [2.75, 3.05) is 13.1 Å². The molecule has 0 amide bonds. The maximum atomic E-state index is 4.48. The summed E-state index contributed by atoms with van der Waals surface area (Å²) < 4.78 is 2.50. The van der Waals surface area contributed by atoms with Gasteiger partial charge in [0, 0.05) is 23.3 Å². The van der Waals surface area contributed by atoms with Gasteiger partial charge in [-0.05, 0) is 50.6 Å². The summed E-state index contributed by atoms with van der Waals surface area (Å²) in [5, 5.41) is 3.47. The molecule has 2 heterocycles. The van der Waals surface area contributed by atoms with Crippen LogP contribution in [0.1, 0.15) is 64.6 Å². The van der Waals surface area contributed by atoms with Crippen LogP contribution in [-0.2, 0) is 5.41 Å². The van der Waals surface area contributed by atoms with Crippen LogP contribution in [0.4, 0.5) is 0 Å². The molecule has 1 saturated carbocycles. The summed E-state index contributed by atoms with van der Waals surface area (Å²) >= 11 is 0. The van der Waals surface area contributed by atoms with E-state index in [-0.39, 0.29) is 0 Å². The molecule has 3 nitrogen and oxygen atoms in total. The molecule has 3 rings (SSSR count). The highest BCUT2D eigenvalue weighted by atomic mass is 15.1.